The van der Waals surface area contributed by atoms with E-state index < -0.39 is 11.7 Å². The third-order valence-corrected chi connectivity index (χ3v) is 33.4. The van der Waals surface area contributed by atoms with E-state index in [-0.39, 0.29) is 53.9 Å². The molecule has 12 aromatic rings. The van der Waals surface area contributed by atoms with Crippen molar-refractivity contribution in [2.45, 2.75) is 270 Å². The van der Waals surface area contributed by atoms with E-state index in [1.807, 2.05) is 49.4 Å². The Kier molecular flexibility index (Phi) is 26.9. The Morgan fingerprint density at radius 1 is 0.294 bits per heavy atom. The molecule has 0 spiro atoms. The topological polar surface area (TPSA) is 125 Å². The van der Waals surface area contributed by atoms with Crippen molar-refractivity contribution in [2.24, 2.45) is 46.3 Å². The fourth-order valence-electron chi connectivity index (χ4n) is 26.2. The van der Waals surface area contributed by atoms with Gasteiger partial charge in [0, 0.05) is 57.8 Å². The number of rotatable bonds is 9. The maximum absolute atomic E-state index is 13.0. The Balaban J connectivity index is 0.000000105. The first kappa shape index (κ1) is 93.4. The Labute approximate surface area is 803 Å². The summed E-state index contributed by atoms with van der Waals surface area (Å²) >= 11 is 0. The normalized spacial score (nSPS) is 26.6. The number of alkyl halides is 3. The molecule has 6 aliphatic heterocycles. The molecule has 12 aliphatic rings. The van der Waals surface area contributed by atoms with Crippen LogP contribution in [0.15, 0.2) is 255 Å². The van der Waals surface area contributed by atoms with Crippen LogP contribution in [0.3, 0.4) is 0 Å². The van der Waals surface area contributed by atoms with E-state index in [0.717, 1.165) is 71.0 Å². The van der Waals surface area contributed by atoms with Crippen molar-refractivity contribution < 1.29 is 61.6 Å². The maximum Gasteiger partial charge on any atom is 0.416 e. The summed E-state index contributed by atoms with van der Waals surface area (Å²) in [6.45, 7) is 24.2. The van der Waals surface area contributed by atoms with Crippen LogP contribution in [0.2, 0.25) is 0 Å². The van der Waals surface area contributed by atoms with Crippen LogP contribution in [0.4, 0.5) is 13.2 Å². The lowest BCUT2D eigenvalue weighted by Gasteiger charge is -2.43. The summed E-state index contributed by atoms with van der Waals surface area (Å²) in [5.74, 6) is 13.4. The van der Waals surface area contributed by atoms with Gasteiger partial charge in [0.25, 0.3) is 0 Å². The summed E-state index contributed by atoms with van der Waals surface area (Å²) in [7, 11) is 1.73. The zero-order valence-electron chi connectivity index (χ0n) is 81.2. The van der Waals surface area contributed by atoms with Crippen LogP contribution < -0.4 is 33.2 Å². The predicted octanol–water partition coefficient (Wildman–Crippen LogP) is 32.6. The van der Waals surface area contributed by atoms with Crippen LogP contribution >= 0.6 is 0 Å². The number of hydrogen-bond acceptors (Lipinski definition) is 10. The van der Waals surface area contributed by atoms with Crippen LogP contribution in [0, 0.1) is 94.8 Å². The van der Waals surface area contributed by atoms with Gasteiger partial charge >= 0.3 is 6.18 Å². The van der Waals surface area contributed by atoms with Gasteiger partial charge in [0.1, 0.15) is 94.1 Å². The molecule has 24 rings (SSSR count). The second kappa shape index (κ2) is 39.1. The molecule has 3 N–H and O–H groups in total. The van der Waals surface area contributed by atoms with Gasteiger partial charge in [0.2, 0.25) is 0 Å². The summed E-state index contributed by atoms with van der Waals surface area (Å²) in [4.78, 5) is 0. The summed E-state index contributed by atoms with van der Waals surface area (Å²) in [5.41, 5.74) is 23.6. The molecule has 6 heterocycles. The molecular formula is C123H135F3O10. The first-order valence-corrected chi connectivity index (χ1v) is 50.5. The van der Waals surface area contributed by atoms with Crippen molar-refractivity contribution in [1.82, 2.24) is 0 Å². The van der Waals surface area contributed by atoms with E-state index in [2.05, 4.69) is 245 Å². The lowest BCUT2D eigenvalue weighted by molar-refractivity contribution is -0.137. The quantitative estimate of drug-likeness (QED) is 0.129. The van der Waals surface area contributed by atoms with E-state index in [4.69, 9.17) is 33.2 Å². The zero-order valence-corrected chi connectivity index (χ0v) is 81.2. The minimum atomic E-state index is -4.31. The number of aromatic hydroxyl groups is 3. The van der Waals surface area contributed by atoms with Gasteiger partial charge in [0.15, 0.2) is 0 Å². The third kappa shape index (κ3) is 19.0. The molecule has 13 heteroatoms. The minimum absolute atomic E-state index is 0.0673. The summed E-state index contributed by atoms with van der Waals surface area (Å²) in [5, 5.41) is 29.8. The van der Waals surface area contributed by atoms with Gasteiger partial charge in [-0.15, -0.1) is 0 Å². The van der Waals surface area contributed by atoms with E-state index in [0.29, 0.717) is 87.6 Å². The van der Waals surface area contributed by atoms with Gasteiger partial charge in [0.05, 0.1) is 12.7 Å². The molecule has 0 bridgehead atoms. The highest BCUT2D eigenvalue weighted by molar-refractivity contribution is 5.53. The Bertz CT molecular complexity index is 6060. The van der Waals surface area contributed by atoms with E-state index in [1.165, 1.54) is 203 Å². The van der Waals surface area contributed by atoms with Crippen LogP contribution in [0.25, 0.3) is 0 Å². The molecule has 0 saturated heterocycles. The molecule has 0 aromatic heterocycles. The van der Waals surface area contributed by atoms with Crippen LogP contribution in [-0.4, -0.2) is 22.4 Å². The molecule has 6 aliphatic carbocycles. The average molecular weight is 1830 g/mol. The Morgan fingerprint density at radius 3 is 0.912 bits per heavy atom. The fourth-order valence-corrected chi connectivity index (χ4v) is 26.2. The molecule has 0 radical (unpaired) electrons. The summed E-state index contributed by atoms with van der Waals surface area (Å²) in [6.07, 6.45) is 17.9. The summed E-state index contributed by atoms with van der Waals surface area (Å²) < 4.78 is 82.8. The number of benzene rings is 12. The first-order valence-electron chi connectivity index (χ1n) is 50.5. The smallest absolute Gasteiger partial charge is 0.416 e. The van der Waals surface area contributed by atoms with Gasteiger partial charge in [-0.3, -0.25) is 0 Å². The van der Waals surface area contributed by atoms with Crippen molar-refractivity contribution in [2.75, 3.05) is 7.11 Å². The Hall–Kier alpha value is -11.6. The molecule has 6 fully saturated rings. The molecule has 136 heavy (non-hydrogen) atoms. The SMILES string of the molecule is CCC1(CC)CC[C@H]2[C@@H](c3ccc(C)cc3)Oc3ccc(O)cc3[C@H]21.COc1ccc2c(c1)[C@H]1CCC[C@H]1[C@@H](c1ccc(C)cc1)O2.Cc1ccc([C@H]2Oc3ccc(C(F)(F)F)cc3[C@H]3CCC[C@H]32)cc1.Cc1ccc([C@H]2Oc3ccc(C)cc3[C@H]3CCC[C@H]32)cc1.Cc1ccc([C@H]2Oc3ccc(O)cc3[C@@H]3[C@H]2CCC3(C)C)cc1.Cc1ccc([C@H]2Oc3ccc(O)cc3[C@H]3CCC[C@H]32)cc1. The standard InChI is InChI=1S/C23H28O2.C21H24O2.C20H19F3O.C20H22O2.C20H22O.C19H20O2/c1-4-23(5-2)13-12-18-21(23)19-14-17(24)10-11-20(19)25-22(18)16-8-6-15(3)7-9-16;1-13-4-6-14(7-5-13)20-16-10-11-21(2,3)19(16)17-12-15(22)8-9-18(17)23-20;1-12-5-7-13(8-6-12)19-16-4-2-3-15(16)17-11-14(20(21,22)23)9-10-18(17)24-19;1-13-6-8-14(9-7-13)20-17-5-3-4-16(17)18-12-15(21-2)10-11-19(18)22-20;1-13-6-9-15(10-7-13)20-17-5-3-4-16(17)18-12-14(2)8-11-19(18)21-20;1-12-5-7-13(8-6-12)19-16-4-2-3-15(16)17-11-14(20)9-10-18(17)21-19/h6-11,14,18,21-22,24H,4-5,12-13H2,1-3H3;4-9,12,16,19-20,22H,10-11H2,1-3H3;5-11,15-16,19H,2-4H2,1H3;6-12,16-17,20H,3-5H2,1-2H3;6-12,16-17,20H,3-5H2,1-2H3;5-11,15-16,19-20H,2-4H2,1H3/t18-,21+,22-;16-,19+,20-;15-,16+,19+;2*16-,17+,20+;15-,16+,19+/m110000/s1. The highest BCUT2D eigenvalue weighted by Gasteiger charge is 2.55. The highest BCUT2D eigenvalue weighted by atomic mass is 19.4. The maximum atomic E-state index is 13.0. The molecule has 0 unspecified atom stereocenters. The van der Waals surface area contributed by atoms with Gasteiger partial charge in [-0.05, 0) is 326 Å². The van der Waals surface area contributed by atoms with Crippen LogP contribution in [-0.2, 0) is 6.18 Å². The van der Waals surface area contributed by atoms with Gasteiger partial charge in [-0.25, -0.2) is 0 Å². The monoisotopic (exact) mass is 1830 g/mol. The van der Waals surface area contributed by atoms with Crippen molar-refractivity contribution in [3.63, 3.8) is 0 Å². The van der Waals surface area contributed by atoms with E-state index in [1.54, 1.807) is 25.3 Å². The molecule has 18 atom stereocenters. The predicted molar refractivity (Wildman–Crippen MR) is 535 cm³/mol. The second-order valence-corrected chi connectivity index (χ2v) is 42.3. The van der Waals surface area contributed by atoms with Gasteiger partial charge in [-0.2, -0.15) is 13.2 Å². The number of phenols is 3. The van der Waals surface area contributed by atoms with Gasteiger partial charge in [-0.1, -0.05) is 250 Å². The van der Waals surface area contributed by atoms with Crippen molar-refractivity contribution in [3.8, 4) is 57.5 Å². The number of aryl methyl sites for hydroxylation is 7. The van der Waals surface area contributed by atoms with E-state index in [9.17, 15) is 28.5 Å². The number of fused-ring (bicyclic) bond motifs is 18. The molecular weight excluding hydrogens is 1690 g/mol. The average Bonchev–Trinajstić information content (AvgIpc) is 1.56. The zero-order chi connectivity index (χ0) is 94.6. The van der Waals surface area contributed by atoms with Crippen molar-refractivity contribution >= 4 is 0 Å². The lowest BCUT2D eigenvalue weighted by atomic mass is 9.66. The first-order chi connectivity index (χ1) is 65.7. The number of halogens is 3. The summed E-state index contributed by atoms with van der Waals surface area (Å²) in [6, 6.07) is 85.8. The lowest BCUT2D eigenvalue weighted by Crippen LogP contribution is -2.33. The number of hydrogen-bond donors (Lipinski definition) is 3. The highest BCUT2D eigenvalue weighted by Crippen LogP contribution is 2.67. The molecule has 10 nitrogen and oxygen atoms in total. The number of ether oxygens (including phenoxy) is 7. The fraction of sp³-hybridized carbons (Fsp3) is 0.415. The molecule has 6 saturated carbocycles. The van der Waals surface area contributed by atoms with Crippen molar-refractivity contribution in [3.05, 3.63) is 366 Å². The molecule has 12 aromatic carbocycles. The van der Waals surface area contributed by atoms with Gasteiger partial charge < -0.3 is 48.5 Å². The van der Waals surface area contributed by atoms with Crippen LogP contribution in [0.1, 0.15) is 327 Å². The minimum Gasteiger partial charge on any atom is -0.508 e. The van der Waals surface area contributed by atoms with E-state index >= 15 is 0 Å². The van der Waals surface area contributed by atoms with Crippen molar-refractivity contribution in [1.29, 1.82) is 0 Å². The molecule has 708 valence electrons. The number of methoxy groups -OCH3 is 1. The Morgan fingerprint density at radius 2 is 0.566 bits per heavy atom. The second-order valence-electron chi connectivity index (χ2n) is 42.3. The third-order valence-electron chi connectivity index (χ3n) is 33.4. The number of phenolic OH excluding ortho intramolecular Hbond substituents is 3. The largest absolute Gasteiger partial charge is 0.508 e. The van der Waals surface area contributed by atoms with Crippen LogP contribution in [0.5, 0.6) is 57.5 Å². The molecule has 0 amide bonds.